The molecule has 0 amide bonds. The molecule has 1 heterocycles. The highest BCUT2D eigenvalue weighted by atomic mass is 19.4. The Morgan fingerprint density at radius 3 is 2.21 bits per heavy atom. The smallest absolute Gasteiger partial charge is 0.319 e. The predicted octanol–water partition coefficient (Wildman–Crippen LogP) is 3.04. The van der Waals surface area contributed by atoms with Crippen LogP contribution in [0.1, 0.15) is 38.5 Å². The molecule has 2 rings (SSSR count). The summed E-state index contributed by atoms with van der Waals surface area (Å²) >= 11 is 0. The van der Waals surface area contributed by atoms with E-state index in [9.17, 15) is 13.2 Å². The van der Waals surface area contributed by atoms with Gasteiger partial charge in [0.25, 0.3) is 0 Å². The lowest BCUT2D eigenvalue weighted by molar-refractivity contribution is -0.185. The molecular weight excluding hydrogens is 253 g/mol. The van der Waals surface area contributed by atoms with Gasteiger partial charge in [-0.1, -0.05) is 12.8 Å². The summed E-state index contributed by atoms with van der Waals surface area (Å²) in [4.78, 5) is 2.25. The van der Waals surface area contributed by atoms with Crippen molar-refractivity contribution in [3.63, 3.8) is 0 Å². The summed E-state index contributed by atoms with van der Waals surface area (Å²) < 4.78 is 37.9. The Labute approximate surface area is 113 Å². The van der Waals surface area contributed by atoms with E-state index in [0.29, 0.717) is 18.5 Å². The van der Waals surface area contributed by atoms with Gasteiger partial charge in [-0.15, -0.1) is 0 Å². The van der Waals surface area contributed by atoms with E-state index in [1.807, 2.05) is 7.05 Å². The summed E-state index contributed by atoms with van der Waals surface area (Å²) in [6.45, 7) is 3.18. The highest BCUT2D eigenvalue weighted by Gasteiger charge is 2.42. The van der Waals surface area contributed by atoms with Crippen LogP contribution in [0.15, 0.2) is 0 Å². The van der Waals surface area contributed by atoms with E-state index in [0.717, 1.165) is 13.1 Å². The third-order valence-electron chi connectivity index (χ3n) is 4.83. The molecule has 0 unspecified atom stereocenters. The third kappa shape index (κ3) is 3.85. The normalized spacial score (nSPS) is 25.9. The van der Waals surface area contributed by atoms with Gasteiger partial charge in [-0.3, -0.25) is 0 Å². The van der Waals surface area contributed by atoms with E-state index in [4.69, 9.17) is 0 Å². The van der Waals surface area contributed by atoms with Crippen LogP contribution < -0.4 is 5.32 Å². The first-order chi connectivity index (χ1) is 8.95. The third-order valence-corrected chi connectivity index (χ3v) is 4.83. The van der Waals surface area contributed by atoms with Gasteiger partial charge in [-0.25, -0.2) is 0 Å². The zero-order valence-electron chi connectivity index (χ0n) is 11.7. The second-order valence-corrected chi connectivity index (χ2v) is 6.33. The van der Waals surface area contributed by atoms with Crippen molar-refractivity contribution in [3.8, 4) is 0 Å². The summed E-state index contributed by atoms with van der Waals surface area (Å²) in [7, 11) is 1.97. The van der Waals surface area contributed by atoms with Crippen molar-refractivity contribution in [2.75, 3.05) is 33.2 Å². The highest BCUT2D eigenvalue weighted by Crippen LogP contribution is 2.40. The minimum absolute atomic E-state index is 0.277. The summed E-state index contributed by atoms with van der Waals surface area (Å²) in [6.07, 6.45) is 1.52. The standard InChI is InChI=1S/C14H25F3N2/c1-18-10-13(6-2-3-7-13)11-19-8-4-12(5-9-19)14(15,16)17/h12,18H,2-11H2,1H3. The van der Waals surface area contributed by atoms with Crippen LogP contribution in [0.25, 0.3) is 0 Å². The van der Waals surface area contributed by atoms with Gasteiger partial charge in [0.1, 0.15) is 0 Å². The summed E-state index contributed by atoms with van der Waals surface area (Å²) in [5, 5.41) is 3.27. The number of nitrogens with zero attached hydrogens (tertiary/aromatic N) is 1. The van der Waals surface area contributed by atoms with Crippen LogP contribution in [-0.4, -0.2) is 44.3 Å². The van der Waals surface area contributed by atoms with Gasteiger partial charge in [0, 0.05) is 13.1 Å². The van der Waals surface area contributed by atoms with Crippen LogP contribution in [0.5, 0.6) is 0 Å². The minimum atomic E-state index is -4.00. The van der Waals surface area contributed by atoms with E-state index in [-0.39, 0.29) is 12.8 Å². The van der Waals surface area contributed by atoms with Crippen molar-refractivity contribution in [2.45, 2.75) is 44.7 Å². The van der Waals surface area contributed by atoms with Gasteiger partial charge < -0.3 is 10.2 Å². The number of hydrogen-bond acceptors (Lipinski definition) is 2. The fraction of sp³-hybridized carbons (Fsp3) is 1.00. The summed E-state index contributed by atoms with van der Waals surface area (Å²) in [5.41, 5.74) is 0.305. The summed E-state index contributed by atoms with van der Waals surface area (Å²) in [5.74, 6) is -1.08. The first kappa shape index (κ1) is 15.1. The van der Waals surface area contributed by atoms with Crippen LogP contribution in [0.3, 0.4) is 0 Å². The number of piperidine rings is 1. The SMILES string of the molecule is CNCC1(CN2CCC(C(F)(F)F)CC2)CCCC1. The maximum absolute atomic E-state index is 12.6. The van der Waals surface area contributed by atoms with Crippen molar-refractivity contribution in [3.05, 3.63) is 0 Å². The molecule has 0 aromatic rings. The van der Waals surface area contributed by atoms with Crippen LogP contribution in [0.2, 0.25) is 0 Å². The Balaban J connectivity index is 1.84. The van der Waals surface area contributed by atoms with E-state index >= 15 is 0 Å². The number of alkyl halides is 3. The fourth-order valence-electron chi connectivity index (χ4n) is 3.78. The maximum atomic E-state index is 12.6. The van der Waals surface area contributed by atoms with E-state index < -0.39 is 12.1 Å². The van der Waals surface area contributed by atoms with Crippen LogP contribution >= 0.6 is 0 Å². The molecule has 0 spiro atoms. The van der Waals surface area contributed by atoms with Gasteiger partial charge in [0.15, 0.2) is 0 Å². The van der Waals surface area contributed by atoms with Crippen molar-refractivity contribution in [1.29, 1.82) is 0 Å². The second kappa shape index (κ2) is 6.00. The van der Waals surface area contributed by atoms with Gasteiger partial charge in [0.05, 0.1) is 5.92 Å². The predicted molar refractivity (Wildman–Crippen MR) is 70.0 cm³/mol. The monoisotopic (exact) mass is 278 g/mol. The van der Waals surface area contributed by atoms with Crippen LogP contribution in [-0.2, 0) is 0 Å². The zero-order valence-corrected chi connectivity index (χ0v) is 11.7. The lowest BCUT2D eigenvalue weighted by Crippen LogP contribution is -2.46. The number of rotatable bonds is 4. The molecule has 1 aliphatic carbocycles. The molecule has 0 bridgehead atoms. The Morgan fingerprint density at radius 2 is 1.74 bits per heavy atom. The topological polar surface area (TPSA) is 15.3 Å². The van der Waals surface area contributed by atoms with Crippen LogP contribution in [0.4, 0.5) is 13.2 Å². The number of halogens is 3. The molecule has 0 aromatic carbocycles. The molecule has 2 aliphatic rings. The fourth-order valence-corrected chi connectivity index (χ4v) is 3.78. The number of likely N-dealkylation sites (tertiary alicyclic amines) is 1. The molecule has 0 radical (unpaired) electrons. The molecule has 5 heteroatoms. The average molecular weight is 278 g/mol. The molecule has 1 aliphatic heterocycles. The Morgan fingerprint density at radius 1 is 1.16 bits per heavy atom. The van der Waals surface area contributed by atoms with Crippen molar-refractivity contribution in [2.24, 2.45) is 11.3 Å². The molecule has 0 atom stereocenters. The first-order valence-corrected chi connectivity index (χ1v) is 7.39. The minimum Gasteiger partial charge on any atom is -0.319 e. The van der Waals surface area contributed by atoms with E-state index in [1.54, 1.807) is 0 Å². The quantitative estimate of drug-likeness (QED) is 0.850. The maximum Gasteiger partial charge on any atom is 0.391 e. The lowest BCUT2D eigenvalue weighted by atomic mass is 9.84. The van der Waals surface area contributed by atoms with E-state index in [2.05, 4.69) is 10.2 Å². The van der Waals surface area contributed by atoms with Crippen molar-refractivity contribution >= 4 is 0 Å². The molecule has 0 aromatic heterocycles. The highest BCUT2D eigenvalue weighted by molar-refractivity contribution is 4.90. The van der Waals surface area contributed by atoms with Gasteiger partial charge in [-0.2, -0.15) is 13.2 Å². The number of hydrogen-bond donors (Lipinski definition) is 1. The van der Waals surface area contributed by atoms with E-state index in [1.165, 1.54) is 25.7 Å². The number of nitrogens with one attached hydrogen (secondary N) is 1. The first-order valence-electron chi connectivity index (χ1n) is 7.39. The van der Waals surface area contributed by atoms with Gasteiger partial charge >= 0.3 is 6.18 Å². The molecule has 2 nitrogen and oxygen atoms in total. The van der Waals surface area contributed by atoms with Crippen LogP contribution in [0, 0.1) is 11.3 Å². The largest absolute Gasteiger partial charge is 0.391 e. The Bertz CT molecular complexity index is 277. The van der Waals surface area contributed by atoms with Crippen molar-refractivity contribution < 1.29 is 13.2 Å². The van der Waals surface area contributed by atoms with Gasteiger partial charge in [0.2, 0.25) is 0 Å². The molecule has 1 saturated carbocycles. The molecule has 112 valence electrons. The molecule has 19 heavy (non-hydrogen) atoms. The van der Waals surface area contributed by atoms with Gasteiger partial charge in [-0.05, 0) is 51.2 Å². The molecule has 1 N–H and O–H groups in total. The Hall–Kier alpha value is -0.290. The lowest BCUT2D eigenvalue weighted by Gasteiger charge is -2.39. The van der Waals surface area contributed by atoms with Crippen molar-refractivity contribution in [1.82, 2.24) is 10.2 Å². The average Bonchev–Trinajstić information content (AvgIpc) is 2.77. The molecule has 1 saturated heterocycles. The Kier molecular flexibility index (Phi) is 4.77. The summed E-state index contributed by atoms with van der Waals surface area (Å²) in [6, 6.07) is 0. The molecule has 2 fully saturated rings. The molecular formula is C14H25F3N2. The zero-order chi connectivity index (χ0) is 13.9. The second-order valence-electron chi connectivity index (χ2n) is 6.33.